The third-order valence-corrected chi connectivity index (χ3v) is 5.41. The van der Waals surface area contributed by atoms with Crippen molar-refractivity contribution in [3.05, 3.63) is 81.8 Å². The van der Waals surface area contributed by atoms with Crippen molar-refractivity contribution >= 4 is 34.6 Å². The average Bonchev–Trinajstić information content (AvgIpc) is 2.92. The number of para-hydroxylation sites is 1. The van der Waals surface area contributed by atoms with Crippen molar-refractivity contribution in [1.82, 2.24) is 14.7 Å². The molecule has 152 valence electrons. The molecule has 1 atom stereocenters. The first-order valence-electron chi connectivity index (χ1n) is 9.45. The Bertz CT molecular complexity index is 1040. The molecule has 1 aromatic heterocycles. The molecule has 7 heteroatoms. The molecule has 2 aromatic carbocycles. The zero-order chi connectivity index (χ0) is 21.0. The number of nitrogens with one attached hydrogen (secondary N) is 2. The molecule has 2 N–H and O–H groups in total. The lowest BCUT2D eigenvalue weighted by Crippen LogP contribution is -2.35. The standard InChI is InChI=1S/C22H25ClN4OS/c1-15-9-11-17(12-10-15)13-18(23)14-24-22(29)25-20-16(2)26(3)27(21(20)28)19-7-5-4-6-8-19/h4-12,18H,13-14H2,1-3H3,(H2,24,25,29)/t18-/m1/s1. The van der Waals surface area contributed by atoms with Crippen molar-refractivity contribution in [1.29, 1.82) is 0 Å². The van der Waals surface area contributed by atoms with Gasteiger partial charge in [0.1, 0.15) is 5.69 Å². The van der Waals surface area contributed by atoms with E-state index < -0.39 is 0 Å². The van der Waals surface area contributed by atoms with Gasteiger partial charge in [0, 0.05) is 13.6 Å². The molecule has 3 rings (SSSR count). The molecule has 1 heterocycles. The molecule has 0 aliphatic rings. The van der Waals surface area contributed by atoms with E-state index in [4.69, 9.17) is 23.8 Å². The molecule has 3 aromatic rings. The molecule has 0 amide bonds. The minimum Gasteiger partial charge on any atom is -0.361 e. The predicted molar refractivity (Wildman–Crippen MR) is 124 cm³/mol. The molecule has 0 saturated carbocycles. The zero-order valence-electron chi connectivity index (χ0n) is 16.8. The van der Waals surface area contributed by atoms with Crippen LogP contribution in [0.5, 0.6) is 0 Å². The van der Waals surface area contributed by atoms with Gasteiger partial charge in [0.05, 0.1) is 16.8 Å². The molecule has 0 aliphatic heterocycles. The minimum atomic E-state index is -0.151. The van der Waals surface area contributed by atoms with Gasteiger partial charge in [0.25, 0.3) is 5.56 Å². The second kappa shape index (κ2) is 9.29. The largest absolute Gasteiger partial charge is 0.361 e. The van der Waals surface area contributed by atoms with E-state index in [0.717, 1.165) is 17.8 Å². The highest BCUT2D eigenvalue weighted by molar-refractivity contribution is 7.80. The van der Waals surface area contributed by atoms with Gasteiger partial charge in [-0.3, -0.25) is 9.48 Å². The van der Waals surface area contributed by atoms with Crippen molar-refractivity contribution in [3.8, 4) is 5.69 Å². The maximum absolute atomic E-state index is 12.9. The number of nitrogens with zero attached hydrogens (tertiary/aromatic N) is 2. The topological polar surface area (TPSA) is 51.0 Å². The SMILES string of the molecule is Cc1ccc(C[C@@H](Cl)CNC(=S)Nc2c(C)n(C)n(-c3ccccc3)c2=O)cc1. The zero-order valence-corrected chi connectivity index (χ0v) is 18.3. The van der Waals surface area contributed by atoms with Crippen molar-refractivity contribution in [2.24, 2.45) is 7.05 Å². The van der Waals surface area contributed by atoms with E-state index in [0.29, 0.717) is 17.3 Å². The molecule has 0 saturated heterocycles. The van der Waals surface area contributed by atoms with Crippen molar-refractivity contribution in [3.63, 3.8) is 0 Å². The Morgan fingerprint density at radius 3 is 2.41 bits per heavy atom. The van der Waals surface area contributed by atoms with E-state index in [1.807, 2.05) is 49.0 Å². The fourth-order valence-electron chi connectivity index (χ4n) is 3.13. The summed E-state index contributed by atoms with van der Waals surface area (Å²) in [5.41, 5.74) is 4.31. The summed E-state index contributed by atoms with van der Waals surface area (Å²) in [5, 5.41) is 6.42. The van der Waals surface area contributed by atoms with Gasteiger partial charge in [-0.15, -0.1) is 11.6 Å². The molecule has 0 aliphatic carbocycles. The van der Waals surface area contributed by atoms with Crippen molar-refractivity contribution in [2.75, 3.05) is 11.9 Å². The van der Waals surface area contributed by atoms with Gasteiger partial charge >= 0.3 is 0 Å². The van der Waals surface area contributed by atoms with Crippen LogP contribution in [-0.4, -0.2) is 26.4 Å². The molecular formula is C22H25ClN4OS. The summed E-state index contributed by atoms with van der Waals surface area (Å²) in [6.07, 6.45) is 0.739. The van der Waals surface area contributed by atoms with E-state index in [9.17, 15) is 4.79 Å². The highest BCUT2D eigenvalue weighted by Crippen LogP contribution is 2.14. The Kier molecular flexibility index (Phi) is 6.77. The second-order valence-electron chi connectivity index (χ2n) is 7.06. The number of thiocarbonyl (C=S) groups is 1. The fourth-order valence-corrected chi connectivity index (χ4v) is 3.57. The molecular weight excluding hydrogens is 404 g/mol. The highest BCUT2D eigenvalue weighted by atomic mass is 35.5. The normalized spacial score (nSPS) is 11.9. The summed E-state index contributed by atoms with van der Waals surface area (Å²) in [6.45, 7) is 4.44. The van der Waals surface area contributed by atoms with Crippen LogP contribution >= 0.6 is 23.8 Å². The van der Waals surface area contributed by atoms with Crippen LogP contribution in [0.3, 0.4) is 0 Å². The lowest BCUT2D eigenvalue weighted by Gasteiger charge is -2.13. The van der Waals surface area contributed by atoms with Crippen LogP contribution < -0.4 is 16.2 Å². The summed E-state index contributed by atoms with van der Waals surface area (Å²) in [6, 6.07) is 17.8. The third-order valence-electron chi connectivity index (χ3n) is 4.85. The maximum Gasteiger partial charge on any atom is 0.295 e. The molecule has 0 bridgehead atoms. The maximum atomic E-state index is 12.9. The lowest BCUT2D eigenvalue weighted by molar-refractivity contribution is 0.630. The monoisotopic (exact) mass is 428 g/mol. The molecule has 29 heavy (non-hydrogen) atoms. The molecule has 0 radical (unpaired) electrons. The number of anilines is 1. The van der Waals surface area contributed by atoms with Crippen LogP contribution in [0.2, 0.25) is 0 Å². The molecule has 0 unspecified atom stereocenters. The van der Waals surface area contributed by atoms with E-state index in [1.54, 1.807) is 4.68 Å². The van der Waals surface area contributed by atoms with E-state index >= 15 is 0 Å². The minimum absolute atomic E-state index is 0.115. The van der Waals surface area contributed by atoms with Crippen LogP contribution in [0.1, 0.15) is 16.8 Å². The van der Waals surface area contributed by atoms with Crippen LogP contribution in [-0.2, 0) is 13.5 Å². The van der Waals surface area contributed by atoms with Crippen LogP contribution in [0, 0.1) is 13.8 Å². The summed E-state index contributed by atoms with van der Waals surface area (Å²) in [5.74, 6) is 0. The molecule has 5 nitrogen and oxygen atoms in total. The first-order valence-corrected chi connectivity index (χ1v) is 10.3. The smallest absolute Gasteiger partial charge is 0.295 e. The van der Waals surface area contributed by atoms with Crippen LogP contribution in [0.15, 0.2) is 59.4 Å². The summed E-state index contributed by atoms with van der Waals surface area (Å²) in [7, 11) is 1.85. The van der Waals surface area contributed by atoms with Gasteiger partial charge < -0.3 is 10.6 Å². The number of alkyl halides is 1. The summed E-state index contributed by atoms with van der Waals surface area (Å²) in [4.78, 5) is 12.9. The quantitative estimate of drug-likeness (QED) is 0.461. The fraction of sp³-hybridized carbons (Fsp3) is 0.273. The number of halogens is 1. The molecule has 0 spiro atoms. The van der Waals surface area contributed by atoms with Gasteiger partial charge in [0.2, 0.25) is 0 Å². The number of rotatable bonds is 6. The first-order chi connectivity index (χ1) is 13.9. The Hall–Kier alpha value is -2.57. The first kappa shape index (κ1) is 21.1. The Balaban J connectivity index is 1.63. The number of aromatic nitrogens is 2. The number of aryl methyl sites for hydroxylation is 1. The lowest BCUT2D eigenvalue weighted by atomic mass is 10.1. The summed E-state index contributed by atoms with van der Waals surface area (Å²) < 4.78 is 3.42. The highest BCUT2D eigenvalue weighted by Gasteiger charge is 2.17. The van der Waals surface area contributed by atoms with Crippen molar-refractivity contribution < 1.29 is 0 Å². The van der Waals surface area contributed by atoms with Gasteiger partial charge in [0.15, 0.2) is 5.11 Å². The summed E-state index contributed by atoms with van der Waals surface area (Å²) >= 11 is 11.8. The van der Waals surface area contributed by atoms with Gasteiger partial charge in [-0.2, -0.15) is 0 Å². The third kappa shape index (κ3) is 5.08. The van der Waals surface area contributed by atoms with Crippen LogP contribution in [0.25, 0.3) is 5.69 Å². The second-order valence-corrected chi connectivity index (χ2v) is 8.08. The van der Waals surface area contributed by atoms with E-state index in [1.165, 1.54) is 11.1 Å². The number of hydrogen-bond acceptors (Lipinski definition) is 2. The van der Waals surface area contributed by atoms with E-state index in [-0.39, 0.29) is 10.9 Å². The van der Waals surface area contributed by atoms with Gasteiger partial charge in [-0.25, -0.2) is 4.68 Å². The van der Waals surface area contributed by atoms with Crippen molar-refractivity contribution in [2.45, 2.75) is 25.6 Å². The molecule has 0 fully saturated rings. The number of hydrogen-bond donors (Lipinski definition) is 2. The Morgan fingerprint density at radius 1 is 1.10 bits per heavy atom. The number of benzene rings is 2. The van der Waals surface area contributed by atoms with Gasteiger partial charge in [-0.05, 0) is 50.2 Å². The Morgan fingerprint density at radius 2 is 1.76 bits per heavy atom. The van der Waals surface area contributed by atoms with Gasteiger partial charge in [-0.1, -0.05) is 48.0 Å². The predicted octanol–water partition coefficient (Wildman–Crippen LogP) is 3.93. The Labute approximate surface area is 181 Å². The van der Waals surface area contributed by atoms with E-state index in [2.05, 4.69) is 41.8 Å². The van der Waals surface area contributed by atoms with Crippen LogP contribution in [0.4, 0.5) is 5.69 Å². The average molecular weight is 429 g/mol.